The summed E-state index contributed by atoms with van der Waals surface area (Å²) in [5.41, 5.74) is -4.96. The molecule has 2 rings (SSSR count). The minimum atomic E-state index is -5.83. The molecule has 142 valence electrons. The Kier molecular flexibility index (Phi) is 5.90. The van der Waals surface area contributed by atoms with E-state index < -0.39 is 27.3 Å². The van der Waals surface area contributed by atoms with Gasteiger partial charge in [0.15, 0.2) is 0 Å². The van der Waals surface area contributed by atoms with Crippen molar-refractivity contribution in [1.29, 1.82) is 0 Å². The third kappa shape index (κ3) is 4.97. The molecule has 0 spiro atoms. The highest BCUT2D eigenvalue weighted by molar-refractivity contribution is 7.88. The molecule has 0 amide bonds. The fraction of sp³-hybridized carbons (Fsp3) is 0.333. The van der Waals surface area contributed by atoms with Gasteiger partial charge < -0.3 is 8.92 Å². The van der Waals surface area contributed by atoms with Crippen LogP contribution in [-0.4, -0.2) is 36.8 Å². The van der Waals surface area contributed by atoms with Gasteiger partial charge >= 0.3 is 21.6 Å². The first-order valence-corrected chi connectivity index (χ1v) is 8.70. The molecule has 0 saturated heterocycles. The second-order valence-corrected chi connectivity index (χ2v) is 6.74. The summed E-state index contributed by atoms with van der Waals surface area (Å²) in [6, 6.07) is 5.83. The number of carbonyl (C=O) groups is 1. The number of rotatable bonds is 7. The molecule has 1 aromatic carbocycles. The maximum Gasteiger partial charge on any atom is 0.534 e. The van der Waals surface area contributed by atoms with Crippen molar-refractivity contribution >= 4 is 16.1 Å². The summed E-state index contributed by atoms with van der Waals surface area (Å²) in [5.74, 6) is -1.08. The summed E-state index contributed by atoms with van der Waals surface area (Å²) in [6.07, 6.45) is 2.98. The van der Waals surface area contributed by atoms with Gasteiger partial charge in [0.2, 0.25) is 0 Å². The standard InChI is InChI=1S/C15H15F3N2O5S/c1-24-14(21)6-5-12-4-3-11(10-20-8-2-7-19-20)9-13(12)25-26(22,23)15(16,17)18/h2-4,7-9H,5-6,10H2,1H3. The van der Waals surface area contributed by atoms with Gasteiger partial charge in [0.25, 0.3) is 0 Å². The van der Waals surface area contributed by atoms with Crippen LogP contribution in [0.1, 0.15) is 17.5 Å². The van der Waals surface area contributed by atoms with E-state index in [-0.39, 0.29) is 24.9 Å². The quantitative estimate of drug-likeness (QED) is 0.408. The number of alkyl halides is 3. The molecule has 0 saturated carbocycles. The van der Waals surface area contributed by atoms with Crippen LogP contribution in [0.5, 0.6) is 5.75 Å². The van der Waals surface area contributed by atoms with Crippen LogP contribution in [0.4, 0.5) is 13.2 Å². The Hall–Kier alpha value is -2.56. The van der Waals surface area contributed by atoms with Gasteiger partial charge in [0, 0.05) is 18.8 Å². The Balaban J connectivity index is 2.33. The van der Waals surface area contributed by atoms with E-state index >= 15 is 0 Å². The normalized spacial score (nSPS) is 12.0. The summed E-state index contributed by atoms with van der Waals surface area (Å²) in [5, 5.41) is 3.96. The van der Waals surface area contributed by atoms with E-state index in [1.165, 1.54) is 30.1 Å². The van der Waals surface area contributed by atoms with E-state index in [1.807, 2.05) is 0 Å². The van der Waals surface area contributed by atoms with Gasteiger partial charge in [0.05, 0.1) is 13.7 Å². The number of halogens is 3. The highest BCUT2D eigenvalue weighted by Crippen LogP contribution is 2.30. The number of methoxy groups -OCH3 is 1. The summed E-state index contributed by atoms with van der Waals surface area (Å²) >= 11 is 0. The number of aryl methyl sites for hydroxylation is 1. The Morgan fingerprint density at radius 1 is 1.31 bits per heavy atom. The van der Waals surface area contributed by atoms with Gasteiger partial charge in [-0.3, -0.25) is 9.48 Å². The molecule has 1 heterocycles. The van der Waals surface area contributed by atoms with Gasteiger partial charge in [-0.2, -0.15) is 26.7 Å². The Morgan fingerprint density at radius 2 is 2.04 bits per heavy atom. The van der Waals surface area contributed by atoms with Crippen LogP contribution < -0.4 is 4.18 Å². The lowest BCUT2D eigenvalue weighted by Crippen LogP contribution is -2.28. The van der Waals surface area contributed by atoms with Gasteiger partial charge in [0.1, 0.15) is 5.75 Å². The van der Waals surface area contributed by atoms with Crippen LogP contribution in [0, 0.1) is 0 Å². The molecule has 0 bridgehead atoms. The van der Waals surface area contributed by atoms with Crippen molar-refractivity contribution < 1.29 is 35.3 Å². The van der Waals surface area contributed by atoms with E-state index in [9.17, 15) is 26.4 Å². The Morgan fingerprint density at radius 3 is 2.62 bits per heavy atom. The summed E-state index contributed by atoms with van der Waals surface area (Å²) in [7, 11) is -4.67. The van der Waals surface area contributed by atoms with Crippen molar-refractivity contribution in [1.82, 2.24) is 9.78 Å². The summed E-state index contributed by atoms with van der Waals surface area (Å²) in [4.78, 5) is 11.2. The number of carbonyl (C=O) groups excluding carboxylic acids is 1. The maximum absolute atomic E-state index is 12.6. The predicted octanol–water partition coefficient (Wildman–Crippen LogP) is 2.27. The van der Waals surface area contributed by atoms with Crippen molar-refractivity contribution in [3.05, 3.63) is 47.8 Å². The number of aromatic nitrogens is 2. The van der Waals surface area contributed by atoms with Gasteiger partial charge in [-0.25, -0.2) is 0 Å². The average Bonchev–Trinajstić information content (AvgIpc) is 3.05. The van der Waals surface area contributed by atoms with Crippen LogP contribution in [0.2, 0.25) is 0 Å². The van der Waals surface area contributed by atoms with Crippen LogP contribution in [0.15, 0.2) is 36.7 Å². The minimum Gasteiger partial charge on any atom is -0.469 e. The lowest BCUT2D eigenvalue weighted by molar-refractivity contribution is -0.140. The smallest absolute Gasteiger partial charge is 0.469 e. The van der Waals surface area contributed by atoms with Crippen LogP contribution in [0.3, 0.4) is 0 Å². The van der Waals surface area contributed by atoms with Gasteiger partial charge in [-0.15, -0.1) is 0 Å². The predicted molar refractivity (Wildman–Crippen MR) is 83.7 cm³/mol. The zero-order chi connectivity index (χ0) is 19.4. The van der Waals surface area contributed by atoms with Crippen molar-refractivity contribution in [3.63, 3.8) is 0 Å². The molecule has 2 aromatic rings. The SMILES string of the molecule is COC(=O)CCc1ccc(Cn2cccn2)cc1OS(=O)(=O)C(F)(F)F. The molecule has 0 fully saturated rings. The van der Waals surface area contributed by atoms with Crippen molar-refractivity contribution in [2.45, 2.75) is 24.9 Å². The van der Waals surface area contributed by atoms with Crippen LogP contribution in [-0.2, 0) is 32.6 Å². The molecule has 1 aromatic heterocycles. The lowest BCUT2D eigenvalue weighted by atomic mass is 10.1. The number of esters is 1. The van der Waals surface area contributed by atoms with E-state index in [0.717, 1.165) is 0 Å². The highest BCUT2D eigenvalue weighted by Gasteiger charge is 2.48. The molecule has 0 unspecified atom stereocenters. The third-order valence-corrected chi connectivity index (χ3v) is 4.31. The summed E-state index contributed by atoms with van der Waals surface area (Å²) < 4.78 is 70.8. The molecule has 0 aliphatic heterocycles. The fourth-order valence-electron chi connectivity index (χ4n) is 2.07. The summed E-state index contributed by atoms with van der Waals surface area (Å²) in [6.45, 7) is 0.201. The van der Waals surface area contributed by atoms with Gasteiger partial charge in [-0.1, -0.05) is 12.1 Å². The molecule has 0 aliphatic carbocycles. The monoisotopic (exact) mass is 392 g/mol. The van der Waals surface area contributed by atoms with E-state index in [0.29, 0.717) is 5.56 Å². The molecule has 7 nitrogen and oxygen atoms in total. The first-order chi connectivity index (χ1) is 12.1. The first kappa shape index (κ1) is 19.8. The fourth-order valence-corrected chi connectivity index (χ4v) is 2.55. The molecular weight excluding hydrogens is 377 g/mol. The zero-order valence-corrected chi connectivity index (χ0v) is 14.4. The molecule has 0 atom stereocenters. The average molecular weight is 392 g/mol. The molecule has 0 N–H and O–H groups in total. The molecule has 11 heteroatoms. The number of benzene rings is 1. The van der Waals surface area contributed by atoms with E-state index in [2.05, 4.69) is 14.0 Å². The topological polar surface area (TPSA) is 87.5 Å². The van der Waals surface area contributed by atoms with Crippen molar-refractivity contribution in [2.24, 2.45) is 0 Å². The van der Waals surface area contributed by atoms with Crippen molar-refractivity contribution in [2.75, 3.05) is 7.11 Å². The van der Waals surface area contributed by atoms with Crippen molar-refractivity contribution in [3.8, 4) is 5.75 Å². The number of nitrogens with zero attached hydrogens (tertiary/aromatic N) is 2. The third-order valence-electron chi connectivity index (χ3n) is 3.34. The lowest BCUT2D eigenvalue weighted by Gasteiger charge is -2.14. The first-order valence-electron chi connectivity index (χ1n) is 7.29. The highest BCUT2D eigenvalue weighted by atomic mass is 32.2. The van der Waals surface area contributed by atoms with Crippen LogP contribution in [0.25, 0.3) is 0 Å². The second-order valence-electron chi connectivity index (χ2n) is 5.21. The second kappa shape index (κ2) is 7.77. The van der Waals surface area contributed by atoms with E-state index in [4.69, 9.17) is 0 Å². The molecular formula is C15H15F3N2O5S. The number of hydrogen-bond donors (Lipinski definition) is 0. The Labute approximate surface area is 147 Å². The molecule has 26 heavy (non-hydrogen) atoms. The number of ether oxygens (including phenoxy) is 1. The van der Waals surface area contributed by atoms with Gasteiger partial charge in [-0.05, 0) is 29.7 Å². The largest absolute Gasteiger partial charge is 0.534 e. The zero-order valence-electron chi connectivity index (χ0n) is 13.6. The number of hydrogen-bond acceptors (Lipinski definition) is 6. The molecule has 0 radical (unpaired) electrons. The van der Waals surface area contributed by atoms with E-state index in [1.54, 1.807) is 18.3 Å². The Bertz CT molecular complexity index is 864. The maximum atomic E-state index is 12.6. The van der Waals surface area contributed by atoms with Crippen LogP contribution >= 0.6 is 0 Å². The minimum absolute atomic E-state index is 0.0442. The molecule has 0 aliphatic rings.